The molecule has 1 aliphatic carbocycles. The number of nitrogens with zero attached hydrogens (tertiary/aromatic N) is 3. The van der Waals surface area contributed by atoms with Crippen LogP contribution in [-0.4, -0.2) is 42.1 Å². The Kier molecular flexibility index (Phi) is 7.56. The predicted octanol–water partition coefficient (Wildman–Crippen LogP) is 4.59. The molecule has 0 radical (unpaired) electrons. The molecule has 2 aromatic rings. The van der Waals surface area contributed by atoms with E-state index in [4.69, 9.17) is 4.74 Å². The van der Waals surface area contributed by atoms with E-state index in [0.717, 1.165) is 16.1 Å². The molecule has 0 saturated carbocycles. The number of hydrogen-bond acceptors (Lipinski definition) is 5. The highest BCUT2D eigenvalue weighted by Gasteiger charge is 2.37. The highest BCUT2D eigenvalue weighted by atomic mass is 32.2. The van der Waals surface area contributed by atoms with Crippen molar-refractivity contribution in [2.75, 3.05) is 13.7 Å². The molecular formula is C23H28F3N3O4S. The Labute approximate surface area is 197 Å². The van der Waals surface area contributed by atoms with Crippen molar-refractivity contribution in [1.29, 1.82) is 0 Å². The van der Waals surface area contributed by atoms with Crippen LogP contribution in [0.2, 0.25) is 0 Å². The molecule has 1 atom stereocenters. The first-order chi connectivity index (χ1) is 15.9. The van der Waals surface area contributed by atoms with E-state index in [9.17, 15) is 26.4 Å². The molecule has 7 nitrogen and oxygen atoms in total. The van der Waals surface area contributed by atoms with Crippen LogP contribution < -0.4 is 0 Å². The van der Waals surface area contributed by atoms with Crippen molar-refractivity contribution >= 4 is 21.6 Å². The predicted molar refractivity (Wildman–Crippen MR) is 120 cm³/mol. The second-order valence-electron chi connectivity index (χ2n) is 8.14. The number of allylic oxidation sites excluding steroid dienone is 1. The summed E-state index contributed by atoms with van der Waals surface area (Å²) < 4.78 is 75.1. The van der Waals surface area contributed by atoms with E-state index in [0.29, 0.717) is 42.9 Å². The third-order valence-electron chi connectivity index (χ3n) is 6.00. The molecule has 0 amide bonds. The van der Waals surface area contributed by atoms with Gasteiger partial charge in [-0.25, -0.2) is 8.42 Å². The van der Waals surface area contributed by atoms with Crippen molar-refractivity contribution in [3.63, 3.8) is 0 Å². The van der Waals surface area contributed by atoms with Gasteiger partial charge in [-0.3, -0.25) is 9.48 Å². The highest BCUT2D eigenvalue weighted by Crippen LogP contribution is 2.38. The van der Waals surface area contributed by atoms with Crippen LogP contribution in [0.5, 0.6) is 0 Å². The molecule has 1 aromatic heterocycles. The summed E-state index contributed by atoms with van der Waals surface area (Å²) >= 11 is 0. The summed E-state index contributed by atoms with van der Waals surface area (Å²) in [7, 11) is -2.93. The zero-order valence-electron chi connectivity index (χ0n) is 19.4. The fourth-order valence-electron chi connectivity index (χ4n) is 4.09. The van der Waals surface area contributed by atoms with Gasteiger partial charge in [0.05, 0.1) is 29.3 Å². The molecule has 0 bridgehead atoms. The number of hydrogen-bond donors (Lipinski definition) is 0. The number of sulfonamides is 1. The van der Waals surface area contributed by atoms with E-state index in [1.807, 2.05) is 0 Å². The molecule has 3 rings (SSSR count). The molecule has 34 heavy (non-hydrogen) atoms. The number of esters is 1. The van der Waals surface area contributed by atoms with E-state index in [2.05, 4.69) is 11.7 Å². The average Bonchev–Trinajstić information content (AvgIpc) is 3.20. The summed E-state index contributed by atoms with van der Waals surface area (Å²) in [6, 6.07) is 2.19. The normalized spacial score (nSPS) is 16.4. The standard InChI is InChI=1S/C23H28F3N3O4S/c1-5-15(3)16-10-17(23(24,25)26)12-18(11-16)34(31,32)28(4)20-8-7-9-21-19(20)13-27-29(21)14-22(30)33-6-2/h10-13,20H,3,5-9,14H2,1-2,4H3/t20-/m1/s1. The largest absolute Gasteiger partial charge is 0.465 e. The maximum absolute atomic E-state index is 13.5. The van der Waals surface area contributed by atoms with Crippen molar-refractivity contribution < 1.29 is 31.1 Å². The number of rotatable bonds is 8. The Morgan fingerprint density at radius 2 is 2.00 bits per heavy atom. The van der Waals surface area contributed by atoms with E-state index in [1.165, 1.54) is 24.0 Å². The lowest BCUT2D eigenvalue weighted by molar-refractivity contribution is -0.144. The van der Waals surface area contributed by atoms with E-state index in [-0.39, 0.29) is 18.7 Å². The molecule has 1 heterocycles. The number of alkyl halides is 3. The summed E-state index contributed by atoms with van der Waals surface area (Å²) in [6.45, 7) is 7.34. The SMILES string of the molecule is C=C(CC)c1cc(C(F)(F)F)cc(S(=O)(=O)N(C)[C@@H]2CCCc3c2cnn3CC(=O)OCC)c1. The van der Waals surface area contributed by atoms with E-state index in [1.54, 1.807) is 13.8 Å². The highest BCUT2D eigenvalue weighted by molar-refractivity contribution is 7.89. The molecule has 0 N–H and O–H groups in total. The van der Waals surface area contributed by atoms with Crippen LogP contribution in [0.1, 0.15) is 61.5 Å². The van der Waals surface area contributed by atoms with Gasteiger partial charge in [-0.05, 0) is 61.9 Å². The minimum absolute atomic E-state index is 0.0948. The van der Waals surface area contributed by atoms with Crippen molar-refractivity contribution in [3.05, 3.63) is 53.4 Å². The molecule has 0 spiro atoms. The van der Waals surface area contributed by atoms with Crippen molar-refractivity contribution in [2.24, 2.45) is 0 Å². The molecule has 1 aromatic carbocycles. The Morgan fingerprint density at radius 3 is 2.62 bits per heavy atom. The van der Waals surface area contributed by atoms with Crippen LogP contribution in [0.15, 0.2) is 35.9 Å². The van der Waals surface area contributed by atoms with Crippen molar-refractivity contribution in [2.45, 2.75) is 63.2 Å². The minimum atomic E-state index is -4.71. The lowest BCUT2D eigenvalue weighted by Gasteiger charge is -2.31. The summed E-state index contributed by atoms with van der Waals surface area (Å²) in [5.74, 6) is -0.454. The molecule has 1 aliphatic rings. The van der Waals surface area contributed by atoms with Crippen LogP contribution in [0.25, 0.3) is 5.57 Å². The van der Waals surface area contributed by atoms with Crippen LogP contribution >= 0.6 is 0 Å². The lowest BCUT2D eigenvalue weighted by Crippen LogP contribution is -2.33. The molecule has 0 fully saturated rings. The van der Waals surface area contributed by atoms with Crippen LogP contribution in [-0.2, 0) is 38.7 Å². The van der Waals surface area contributed by atoms with Gasteiger partial charge in [0.1, 0.15) is 6.54 Å². The van der Waals surface area contributed by atoms with E-state index >= 15 is 0 Å². The van der Waals surface area contributed by atoms with Gasteiger partial charge in [0.2, 0.25) is 10.0 Å². The zero-order valence-corrected chi connectivity index (χ0v) is 20.2. The first-order valence-electron chi connectivity index (χ1n) is 11.0. The first-order valence-corrected chi connectivity index (χ1v) is 12.4. The van der Waals surface area contributed by atoms with Crippen molar-refractivity contribution in [3.8, 4) is 0 Å². The molecule has 11 heteroatoms. The summed E-state index contributed by atoms with van der Waals surface area (Å²) in [5, 5.41) is 4.24. The third kappa shape index (κ3) is 5.20. The second kappa shape index (κ2) is 9.91. The maximum atomic E-state index is 13.5. The van der Waals surface area contributed by atoms with Crippen LogP contribution in [0, 0.1) is 0 Å². The van der Waals surface area contributed by atoms with Gasteiger partial charge in [-0.2, -0.15) is 22.6 Å². The molecule has 0 unspecified atom stereocenters. The van der Waals surface area contributed by atoms with Gasteiger partial charge in [-0.1, -0.05) is 13.5 Å². The first kappa shape index (κ1) is 26.0. The maximum Gasteiger partial charge on any atom is 0.416 e. The molecule has 186 valence electrons. The summed E-state index contributed by atoms with van der Waals surface area (Å²) in [5.41, 5.74) is 0.849. The number of aromatic nitrogens is 2. The molecule has 0 saturated heterocycles. The minimum Gasteiger partial charge on any atom is -0.465 e. The number of halogens is 3. The van der Waals surface area contributed by atoms with Gasteiger partial charge < -0.3 is 4.74 Å². The monoisotopic (exact) mass is 499 g/mol. The van der Waals surface area contributed by atoms with Crippen LogP contribution in [0.4, 0.5) is 13.2 Å². The average molecular weight is 500 g/mol. The fourth-order valence-corrected chi connectivity index (χ4v) is 5.53. The van der Waals surface area contributed by atoms with Gasteiger partial charge in [0.15, 0.2) is 0 Å². The number of benzene rings is 1. The fraction of sp³-hybridized carbons (Fsp3) is 0.478. The quantitative estimate of drug-likeness (QED) is 0.497. The van der Waals surface area contributed by atoms with Gasteiger partial charge in [-0.15, -0.1) is 0 Å². The number of carbonyl (C=O) groups excluding carboxylic acids is 1. The Morgan fingerprint density at radius 1 is 1.29 bits per heavy atom. The lowest BCUT2D eigenvalue weighted by atomic mass is 9.93. The molecular weight excluding hydrogens is 471 g/mol. The Bertz CT molecular complexity index is 1190. The number of ether oxygens (including phenoxy) is 1. The Hall–Kier alpha value is -2.66. The van der Waals surface area contributed by atoms with Gasteiger partial charge in [0.25, 0.3) is 0 Å². The number of fused-ring (bicyclic) bond motifs is 1. The van der Waals surface area contributed by atoms with Crippen molar-refractivity contribution in [1.82, 2.24) is 14.1 Å². The smallest absolute Gasteiger partial charge is 0.416 e. The summed E-state index contributed by atoms with van der Waals surface area (Å²) in [6.07, 6.45) is -1.11. The zero-order chi connectivity index (χ0) is 25.3. The second-order valence-corrected chi connectivity index (χ2v) is 10.1. The molecule has 0 aliphatic heterocycles. The third-order valence-corrected chi connectivity index (χ3v) is 7.84. The van der Waals surface area contributed by atoms with Gasteiger partial charge in [0, 0.05) is 18.3 Å². The van der Waals surface area contributed by atoms with Crippen LogP contribution in [0.3, 0.4) is 0 Å². The summed E-state index contributed by atoms with van der Waals surface area (Å²) in [4.78, 5) is 11.4. The van der Waals surface area contributed by atoms with Gasteiger partial charge >= 0.3 is 12.1 Å². The Balaban J connectivity index is 2.00. The number of carbonyl (C=O) groups is 1. The van der Waals surface area contributed by atoms with E-state index < -0.39 is 38.7 Å². The topological polar surface area (TPSA) is 81.5 Å².